The summed E-state index contributed by atoms with van der Waals surface area (Å²) < 4.78 is 36.2. The quantitative estimate of drug-likeness (QED) is 0.699. The van der Waals surface area contributed by atoms with Crippen molar-refractivity contribution in [2.75, 3.05) is 13.1 Å². The zero-order valence-electron chi connectivity index (χ0n) is 9.64. The summed E-state index contributed by atoms with van der Waals surface area (Å²) in [4.78, 5) is 22.0. The van der Waals surface area contributed by atoms with E-state index in [0.29, 0.717) is 25.9 Å². The van der Waals surface area contributed by atoms with Gasteiger partial charge in [-0.3, -0.25) is 9.59 Å². The van der Waals surface area contributed by atoms with Gasteiger partial charge in [0.15, 0.2) is 0 Å². The van der Waals surface area contributed by atoms with E-state index in [0.717, 1.165) is 0 Å². The van der Waals surface area contributed by atoms with Gasteiger partial charge in [0.2, 0.25) is 5.91 Å². The number of carboxylic acids is 1. The molecule has 0 aromatic heterocycles. The van der Waals surface area contributed by atoms with Crippen molar-refractivity contribution < 1.29 is 27.9 Å². The van der Waals surface area contributed by atoms with Crippen LogP contribution in [0.15, 0.2) is 0 Å². The largest absolute Gasteiger partial charge is 0.481 e. The molecule has 0 bridgehead atoms. The number of carbonyl (C=O) groups excluding carboxylic acids is 1. The number of aliphatic carboxylic acids is 1. The fourth-order valence-corrected chi connectivity index (χ4v) is 2.06. The lowest BCUT2D eigenvalue weighted by atomic mass is 9.85. The van der Waals surface area contributed by atoms with E-state index in [-0.39, 0.29) is 6.42 Å². The lowest BCUT2D eigenvalue weighted by Crippen LogP contribution is -2.56. The molecular weight excluding hydrogens is 253 g/mol. The average Bonchev–Trinajstić information content (AvgIpc) is 2.13. The van der Waals surface area contributed by atoms with E-state index >= 15 is 0 Å². The van der Waals surface area contributed by atoms with E-state index in [2.05, 4.69) is 10.6 Å². The standard InChI is InChI=1S/C10H15F3N2O3/c11-10(12,13)5-7(16)15-9(6-8(17)18)1-3-14-4-2-9/h14H,1-6H2,(H,15,16)(H,17,18). The number of hydrogen-bond donors (Lipinski definition) is 3. The average molecular weight is 268 g/mol. The van der Waals surface area contributed by atoms with Gasteiger partial charge < -0.3 is 15.7 Å². The van der Waals surface area contributed by atoms with Crippen molar-refractivity contribution in [3.05, 3.63) is 0 Å². The van der Waals surface area contributed by atoms with Crippen molar-refractivity contribution >= 4 is 11.9 Å². The maximum absolute atomic E-state index is 12.1. The Morgan fingerprint density at radius 3 is 2.28 bits per heavy atom. The first-order valence-corrected chi connectivity index (χ1v) is 5.53. The first kappa shape index (κ1) is 14.7. The molecule has 0 unspecified atom stereocenters. The number of rotatable bonds is 4. The maximum atomic E-state index is 12.1. The fourth-order valence-electron chi connectivity index (χ4n) is 2.06. The van der Waals surface area contributed by atoms with Crippen LogP contribution in [0.3, 0.4) is 0 Å². The highest BCUT2D eigenvalue weighted by Gasteiger charge is 2.39. The summed E-state index contributed by atoms with van der Waals surface area (Å²) in [6.07, 6.45) is -5.91. The number of nitrogens with one attached hydrogen (secondary N) is 2. The first-order chi connectivity index (χ1) is 8.22. The molecule has 0 spiro atoms. The topological polar surface area (TPSA) is 78.4 Å². The van der Waals surface area contributed by atoms with Crippen LogP contribution < -0.4 is 10.6 Å². The predicted molar refractivity (Wildman–Crippen MR) is 55.9 cm³/mol. The minimum absolute atomic E-state index is 0.308. The molecule has 0 atom stereocenters. The minimum Gasteiger partial charge on any atom is -0.481 e. The van der Waals surface area contributed by atoms with Gasteiger partial charge >= 0.3 is 12.1 Å². The number of alkyl halides is 3. The highest BCUT2D eigenvalue weighted by molar-refractivity contribution is 5.79. The van der Waals surface area contributed by atoms with Crippen molar-refractivity contribution in [3.8, 4) is 0 Å². The number of halogens is 3. The van der Waals surface area contributed by atoms with Crippen molar-refractivity contribution in [2.24, 2.45) is 0 Å². The van der Waals surface area contributed by atoms with Gasteiger partial charge in [-0.1, -0.05) is 0 Å². The normalized spacial score (nSPS) is 19.3. The lowest BCUT2D eigenvalue weighted by Gasteiger charge is -2.37. The molecule has 1 heterocycles. The molecule has 18 heavy (non-hydrogen) atoms. The SMILES string of the molecule is O=C(O)CC1(NC(=O)CC(F)(F)F)CCNCC1. The molecule has 1 rings (SSSR count). The van der Waals surface area contributed by atoms with Crippen LogP contribution in [-0.2, 0) is 9.59 Å². The number of amides is 1. The predicted octanol–water partition coefficient (Wildman–Crippen LogP) is 0.652. The van der Waals surface area contributed by atoms with Crippen LogP contribution in [0.25, 0.3) is 0 Å². The number of carboxylic acid groups (broad SMARTS) is 1. The number of hydrogen-bond acceptors (Lipinski definition) is 3. The Bertz CT molecular complexity index is 325. The fraction of sp³-hybridized carbons (Fsp3) is 0.800. The first-order valence-electron chi connectivity index (χ1n) is 5.53. The van der Waals surface area contributed by atoms with Gasteiger partial charge in [0.1, 0.15) is 6.42 Å². The Morgan fingerprint density at radius 1 is 1.28 bits per heavy atom. The Labute approximate surface area is 102 Å². The van der Waals surface area contributed by atoms with Crippen LogP contribution in [0.2, 0.25) is 0 Å². The summed E-state index contributed by atoms with van der Waals surface area (Å²) in [5.41, 5.74) is -1.07. The third kappa shape index (κ3) is 4.91. The van der Waals surface area contributed by atoms with Crippen LogP contribution in [0, 0.1) is 0 Å². The van der Waals surface area contributed by atoms with Gasteiger partial charge in [-0.15, -0.1) is 0 Å². The Balaban J connectivity index is 2.66. The molecule has 104 valence electrons. The van der Waals surface area contributed by atoms with Gasteiger partial charge in [0, 0.05) is 0 Å². The van der Waals surface area contributed by atoms with E-state index in [1.807, 2.05) is 0 Å². The Kier molecular flexibility index (Phi) is 4.55. The number of piperidine rings is 1. The van der Waals surface area contributed by atoms with Gasteiger partial charge in [-0.05, 0) is 25.9 Å². The molecule has 8 heteroatoms. The van der Waals surface area contributed by atoms with Gasteiger partial charge in [0.25, 0.3) is 0 Å². The second-order valence-corrected chi connectivity index (χ2v) is 4.44. The van der Waals surface area contributed by atoms with Gasteiger partial charge in [0.05, 0.1) is 12.0 Å². The molecule has 1 saturated heterocycles. The van der Waals surface area contributed by atoms with Crippen molar-refractivity contribution in [1.29, 1.82) is 0 Å². The lowest BCUT2D eigenvalue weighted by molar-refractivity contribution is -0.155. The highest BCUT2D eigenvalue weighted by atomic mass is 19.4. The van der Waals surface area contributed by atoms with E-state index in [1.165, 1.54) is 0 Å². The van der Waals surface area contributed by atoms with Crippen LogP contribution >= 0.6 is 0 Å². The van der Waals surface area contributed by atoms with Crippen molar-refractivity contribution in [2.45, 2.75) is 37.4 Å². The van der Waals surface area contributed by atoms with Crippen molar-refractivity contribution in [1.82, 2.24) is 10.6 Å². The van der Waals surface area contributed by atoms with Gasteiger partial charge in [-0.25, -0.2) is 0 Å². The third-order valence-corrected chi connectivity index (χ3v) is 2.82. The van der Waals surface area contributed by atoms with E-state index < -0.39 is 30.0 Å². The summed E-state index contributed by atoms with van der Waals surface area (Å²) in [6, 6.07) is 0. The van der Waals surface area contributed by atoms with Gasteiger partial charge in [-0.2, -0.15) is 13.2 Å². The number of carbonyl (C=O) groups is 2. The molecule has 0 aromatic rings. The Hall–Kier alpha value is -1.31. The molecule has 1 aliphatic heterocycles. The zero-order valence-corrected chi connectivity index (χ0v) is 9.64. The third-order valence-electron chi connectivity index (χ3n) is 2.82. The highest BCUT2D eigenvalue weighted by Crippen LogP contribution is 2.25. The summed E-state index contributed by atoms with van der Waals surface area (Å²) >= 11 is 0. The zero-order chi connectivity index (χ0) is 13.8. The minimum atomic E-state index is -4.58. The maximum Gasteiger partial charge on any atom is 0.397 e. The van der Waals surface area contributed by atoms with Crippen LogP contribution in [-0.4, -0.2) is 41.8 Å². The molecule has 1 amide bonds. The smallest absolute Gasteiger partial charge is 0.397 e. The summed E-state index contributed by atoms with van der Waals surface area (Å²) in [5.74, 6) is -2.31. The molecule has 1 fully saturated rings. The van der Waals surface area contributed by atoms with Crippen LogP contribution in [0.1, 0.15) is 25.7 Å². The Morgan fingerprint density at radius 2 is 1.83 bits per heavy atom. The molecule has 0 saturated carbocycles. The van der Waals surface area contributed by atoms with Crippen LogP contribution in [0.5, 0.6) is 0 Å². The molecule has 1 aliphatic rings. The molecule has 0 radical (unpaired) electrons. The molecule has 0 aliphatic carbocycles. The molecule has 5 nitrogen and oxygen atoms in total. The van der Waals surface area contributed by atoms with Crippen molar-refractivity contribution in [3.63, 3.8) is 0 Å². The van der Waals surface area contributed by atoms with E-state index in [1.54, 1.807) is 0 Å². The molecule has 3 N–H and O–H groups in total. The molecular formula is C10H15F3N2O3. The van der Waals surface area contributed by atoms with E-state index in [9.17, 15) is 22.8 Å². The second kappa shape index (κ2) is 5.55. The summed E-state index contributed by atoms with van der Waals surface area (Å²) in [7, 11) is 0. The summed E-state index contributed by atoms with van der Waals surface area (Å²) in [6.45, 7) is 0.944. The van der Waals surface area contributed by atoms with Crippen LogP contribution in [0.4, 0.5) is 13.2 Å². The monoisotopic (exact) mass is 268 g/mol. The second-order valence-electron chi connectivity index (χ2n) is 4.44. The summed E-state index contributed by atoms with van der Waals surface area (Å²) in [5, 5.41) is 14.0. The van der Waals surface area contributed by atoms with E-state index in [4.69, 9.17) is 5.11 Å². The molecule has 0 aromatic carbocycles.